The van der Waals surface area contributed by atoms with E-state index in [0.29, 0.717) is 0 Å². The molecule has 0 saturated carbocycles. The third-order valence-electron chi connectivity index (χ3n) is 0. The second-order valence-corrected chi connectivity index (χ2v) is 2.05. The molecule has 0 aromatic rings. The van der Waals surface area contributed by atoms with Crippen LogP contribution < -0.4 is 10.2 Å². The first-order chi connectivity index (χ1) is 3.73. The van der Waals surface area contributed by atoms with Gasteiger partial charge < -0.3 is 34.2 Å². The molecule has 7 nitrogen and oxygen atoms in total. The number of hydrogen-bond acceptors (Lipinski definition) is 7. The molecule has 0 aliphatic carbocycles. The minimum atomic E-state index is -4.61. The molecular weight excluding hydrogens is 289 g/mol. The molecular formula is CH4BaO7Si. The van der Waals surface area contributed by atoms with Gasteiger partial charge in [-0.3, -0.25) is 0 Å². The molecule has 0 aromatic heterocycles. The van der Waals surface area contributed by atoms with Crippen molar-refractivity contribution in [2.75, 3.05) is 0 Å². The van der Waals surface area contributed by atoms with Crippen LogP contribution in [0.1, 0.15) is 0 Å². The predicted molar refractivity (Wildman–Crippen MR) is 25.8 cm³/mol. The van der Waals surface area contributed by atoms with E-state index in [9.17, 15) is 0 Å². The van der Waals surface area contributed by atoms with E-state index >= 15 is 0 Å². The van der Waals surface area contributed by atoms with E-state index in [-0.39, 0.29) is 48.9 Å². The Labute approximate surface area is 97.1 Å². The summed E-state index contributed by atoms with van der Waals surface area (Å²) >= 11 is 0. The van der Waals surface area contributed by atoms with Gasteiger partial charge in [0.1, 0.15) is 0 Å². The van der Waals surface area contributed by atoms with Gasteiger partial charge >= 0.3 is 57.9 Å². The average molecular weight is 293 g/mol. The molecule has 0 aliphatic heterocycles. The smallest absolute Gasteiger partial charge is 0.652 e. The summed E-state index contributed by atoms with van der Waals surface area (Å²) in [6.45, 7) is 0. The molecule has 0 bridgehead atoms. The Morgan fingerprint density at radius 3 is 1.10 bits per heavy atom. The summed E-state index contributed by atoms with van der Waals surface area (Å²) in [5.74, 6) is 0. The third kappa shape index (κ3) is 688. The standard InChI is InChI=1S/CH2O3.Ba.H4O4Si/c2-1(3)4;;1-5(2,3)4/h(H2,2,3,4);;1-4H/q;+2;/p-2. The fraction of sp³-hybridized carbons (Fsp3) is 0. The van der Waals surface area contributed by atoms with Gasteiger partial charge in [-0.05, 0) is 6.16 Å². The number of carbonyl (C=O) groups is 1. The maximum absolute atomic E-state index is 8.33. The van der Waals surface area contributed by atoms with Gasteiger partial charge in [0.05, 0.1) is 0 Å². The van der Waals surface area contributed by atoms with Crippen LogP contribution in [0, 0.1) is 0 Å². The number of rotatable bonds is 0. The summed E-state index contributed by atoms with van der Waals surface area (Å²) in [7, 11) is -4.61. The van der Waals surface area contributed by atoms with Crippen molar-refractivity contribution in [3.63, 3.8) is 0 Å². The van der Waals surface area contributed by atoms with Crippen LogP contribution >= 0.6 is 0 Å². The first-order valence-corrected chi connectivity index (χ1v) is 3.30. The van der Waals surface area contributed by atoms with E-state index in [1.54, 1.807) is 0 Å². The van der Waals surface area contributed by atoms with Crippen molar-refractivity contribution in [3.05, 3.63) is 0 Å². The van der Waals surface area contributed by atoms with Crippen LogP contribution in [-0.4, -0.2) is 83.3 Å². The Morgan fingerprint density at radius 1 is 1.10 bits per heavy atom. The molecule has 0 saturated heterocycles. The maximum atomic E-state index is 8.33. The first-order valence-electron chi connectivity index (χ1n) is 1.51. The molecule has 0 spiro atoms. The van der Waals surface area contributed by atoms with Crippen LogP contribution in [-0.2, 0) is 0 Å². The molecule has 0 aromatic carbocycles. The van der Waals surface area contributed by atoms with Crippen molar-refractivity contribution < 1.29 is 34.2 Å². The summed E-state index contributed by atoms with van der Waals surface area (Å²) in [5, 5.41) is 16.7. The molecule has 0 rings (SSSR count). The second-order valence-electron chi connectivity index (χ2n) is 0.850. The van der Waals surface area contributed by atoms with Crippen molar-refractivity contribution in [1.29, 1.82) is 0 Å². The molecule has 4 N–H and O–H groups in total. The van der Waals surface area contributed by atoms with Crippen molar-refractivity contribution in [1.82, 2.24) is 0 Å². The van der Waals surface area contributed by atoms with Crippen LogP contribution in [0.4, 0.5) is 4.79 Å². The van der Waals surface area contributed by atoms with Gasteiger partial charge in [0.2, 0.25) is 0 Å². The molecule has 0 aliphatic rings. The van der Waals surface area contributed by atoms with Crippen LogP contribution in [0.25, 0.3) is 0 Å². The third-order valence-corrected chi connectivity index (χ3v) is 0. The van der Waals surface area contributed by atoms with E-state index in [1.807, 2.05) is 0 Å². The van der Waals surface area contributed by atoms with Crippen LogP contribution in [0.5, 0.6) is 0 Å². The second kappa shape index (κ2) is 8.00. The molecule has 10 heavy (non-hydrogen) atoms. The Kier molecular flexibility index (Phi) is 13.7. The Morgan fingerprint density at radius 2 is 1.10 bits per heavy atom. The number of carboxylic acid groups (broad SMARTS) is 2. The Hall–Kier alpha value is 0.898. The van der Waals surface area contributed by atoms with Crippen molar-refractivity contribution in [2.24, 2.45) is 0 Å². The fourth-order valence-corrected chi connectivity index (χ4v) is 0. The average Bonchev–Trinajstić information content (AvgIpc) is 1.19. The predicted octanol–water partition coefficient (Wildman–Crippen LogP) is -5.44. The van der Waals surface area contributed by atoms with E-state index in [4.69, 9.17) is 34.2 Å². The summed E-state index contributed by atoms with van der Waals surface area (Å²) in [4.78, 5) is 37.6. The number of carbonyl (C=O) groups excluding carboxylic acids is 1. The van der Waals surface area contributed by atoms with Gasteiger partial charge in [0, 0.05) is 0 Å². The minimum absolute atomic E-state index is 0. The molecule has 0 unspecified atom stereocenters. The van der Waals surface area contributed by atoms with E-state index in [1.165, 1.54) is 0 Å². The molecule has 56 valence electrons. The van der Waals surface area contributed by atoms with Crippen molar-refractivity contribution in [3.8, 4) is 0 Å². The molecule has 0 radical (unpaired) electrons. The van der Waals surface area contributed by atoms with Crippen LogP contribution in [0.3, 0.4) is 0 Å². The maximum Gasteiger partial charge on any atom is 2.00 e. The summed E-state index contributed by atoms with van der Waals surface area (Å²) in [6.07, 6.45) is -2.33. The summed E-state index contributed by atoms with van der Waals surface area (Å²) < 4.78 is 0. The van der Waals surface area contributed by atoms with E-state index < -0.39 is 15.2 Å². The molecule has 0 fully saturated rings. The van der Waals surface area contributed by atoms with E-state index in [2.05, 4.69) is 0 Å². The monoisotopic (exact) mass is 294 g/mol. The van der Waals surface area contributed by atoms with Gasteiger partial charge in [-0.15, -0.1) is 0 Å². The van der Waals surface area contributed by atoms with Gasteiger partial charge in [0.25, 0.3) is 0 Å². The topological polar surface area (TPSA) is 144 Å². The van der Waals surface area contributed by atoms with Gasteiger partial charge in [0.15, 0.2) is 0 Å². The summed E-state index contributed by atoms with van der Waals surface area (Å²) in [5.41, 5.74) is 0. The zero-order chi connectivity index (χ0) is 8.08. The van der Waals surface area contributed by atoms with Gasteiger partial charge in [-0.25, -0.2) is 0 Å². The normalized spacial score (nSPS) is 8.40. The summed E-state index contributed by atoms with van der Waals surface area (Å²) in [6, 6.07) is 0. The fourth-order valence-electron chi connectivity index (χ4n) is 0. The van der Waals surface area contributed by atoms with Crippen LogP contribution in [0.2, 0.25) is 0 Å². The Bertz CT molecular complexity index is 76.1. The van der Waals surface area contributed by atoms with Gasteiger partial charge in [-0.1, -0.05) is 0 Å². The Balaban J connectivity index is -0.0000000910. The minimum Gasteiger partial charge on any atom is -0.652 e. The zero-order valence-corrected chi connectivity index (χ0v) is 10.2. The first kappa shape index (κ1) is 17.1. The zero-order valence-electron chi connectivity index (χ0n) is 4.72. The van der Waals surface area contributed by atoms with E-state index in [0.717, 1.165) is 0 Å². The molecule has 0 heterocycles. The molecule has 9 heteroatoms. The number of hydrogen-bond donors (Lipinski definition) is 4. The van der Waals surface area contributed by atoms with Crippen LogP contribution in [0.15, 0.2) is 0 Å². The van der Waals surface area contributed by atoms with Crippen molar-refractivity contribution >= 4 is 64.1 Å². The SMILES string of the molecule is O=C([O-])[O-].O[Si](O)(O)O.[Ba+2]. The van der Waals surface area contributed by atoms with Crippen molar-refractivity contribution in [2.45, 2.75) is 0 Å². The molecule has 0 atom stereocenters. The largest absolute Gasteiger partial charge is 2.00 e. The van der Waals surface area contributed by atoms with Gasteiger partial charge in [-0.2, -0.15) is 0 Å². The molecule has 0 amide bonds. The quantitative estimate of drug-likeness (QED) is 0.326.